The van der Waals surface area contributed by atoms with E-state index in [0.717, 1.165) is 41.7 Å². The molecule has 0 radical (unpaired) electrons. The highest BCUT2D eigenvalue weighted by Gasteiger charge is 2.21. The molecule has 0 aliphatic carbocycles. The van der Waals surface area contributed by atoms with Gasteiger partial charge in [-0.1, -0.05) is 6.07 Å². The highest BCUT2D eigenvalue weighted by molar-refractivity contribution is 9.10. The maximum absolute atomic E-state index is 9.56. The van der Waals surface area contributed by atoms with Gasteiger partial charge in [0.05, 0.1) is 11.8 Å². The Morgan fingerprint density at radius 1 is 1.50 bits per heavy atom. The summed E-state index contributed by atoms with van der Waals surface area (Å²) in [5.41, 5.74) is 2.07. The molecule has 2 rings (SSSR count). The van der Waals surface area contributed by atoms with E-state index < -0.39 is 6.10 Å². The van der Waals surface area contributed by atoms with Crippen molar-refractivity contribution in [3.63, 3.8) is 0 Å². The average molecular weight is 314 g/mol. The average Bonchev–Trinajstić information content (AvgIpc) is 2.38. The van der Waals surface area contributed by atoms with Gasteiger partial charge in [-0.2, -0.15) is 0 Å². The molecule has 100 valence electrons. The second-order valence-electron chi connectivity index (χ2n) is 5.02. The second-order valence-corrected chi connectivity index (χ2v) is 5.88. The maximum atomic E-state index is 9.56. The number of halogens is 1. The van der Waals surface area contributed by atoms with Crippen LogP contribution >= 0.6 is 15.9 Å². The lowest BCUT2D eigenvalue weighted by atomic mass is 9.98. The molecular weight excluding hydrogens is 294 g/mol. The van der Waals surface area contributed by atoms with E-state index in [1.807, 2.05) is 18.2 Å². The number of benzene rings is 1. The zero-order chi connectivity index (χ0) is 13.1. The van der Waals surface area contributed by atoms with Gasteiger partial charge in [0.1, 0.15) is 0 Å². The molecule has 1 heterocycles. The Balaban J connectivity index is 2.17. The van der Waals surface area contributed by atoms with Crippen molar-refractivity contribution >= 4 is 21.6 Å². The van der Waals surface area contributed by atoms with Crippen molar-refractivity contribution in [3.05, 3.63) is 28.2 Å². The quantitative estimate of drug-likeness (QED) is 0.901. The molecule has 4 heteroatoms. The van der Waals surface area contributed by atoms with Gasteiger partial charge < -0.3 is 15.1 Å². The fraction of sp³-hybridized carbons (Fsp3) is 0.571. The smallest absolute Gasteiger partial charge is 0.0762 e. The fourth-order valence-electron chi connectivity index (χ4n) is 2.47. The van der Waals surface area contributed by atoms with Crippen LogP contribution in [0.5, 0.6) is 0 Å². The summed E-state index contributed by atoms with van der Waals surface area (Å²) in [6.45, 7) is 3.97. The Bertz CT molecular complexity index is 409. The van der Waals surface area contributed by atoms with Gasteiger partial charge in [0.2, 0.25) is 0 Å². The third kappa shape index (κ3) is 3.05. The Morgan fingerprint density at radius 3 is 2.89 bits per heavy atom. The van der Waals surface area contributed by atoms with Gasteiger partial charge in [-0.15, -0.1) is 0 Å². The van der Waals surface area contributed by atoms with Crippen molar-refractivity contribution in [1.29, 1.82) is 0 Å². The number of anilines is 1. The van der Waals surface area contributed by atoms with E-state index in [9.17, 15) is 10.2 Å². The van der Waals surface area contributed by atoms with Gasteiger partial charge in [0, 0.05) is 24.2 Å². The van der Waals surface area contributed by atoms with Crippen LogP contribution in [0.15, 0.2) is 22.7 Å². The first kappa shape index (κ1) is 13.8. The third-order valence-corrected chi connectivity index (χ3v) is 4.21. The zero-order valence-electron chi connectivity index (χ0n) is 10.6. The fourth-order valence-corrected chi connectivity index (χ4v) is 3.12. The lowest BCUT2D eigenvalue weighted by Crippen LogP contribution is -2.37. The van der Waals surface area contributed by atoms with Crippen LogP contribution in [0.4, 0.5) is 5.69 Å². The van der Waals surface area contributed by atoms with Gasteiger partial charge in [-0.25, -0.2) is 0 Å². The molecule has 0 aromatic heterocycles. The number of aliphatic hydroxyl groups excluding tert-OH is 2. The van der Waals surface area contributed by atoms with Gasteiger partial charge in [0.25, 0.3) is 0 Å². The molecule has 2 N–H and O–H groups in total. The molecule has 0 bridgehead atoms. The topological polar surface area (TPSA) is 43.7 Å². The van der Waals surface area contributed by atoms with Crippen LogP contribution in [0.25, 0.3) is 0 Å². The van der Waals surface area contributed by atoms with Crippen molar-refractivity contribution < 1.29 is 10.2 Å². The molecule has 1 aliphatic rings. The van der Waals surface area contributed by atoms with Crippen LogP contribution in [0.3, 0.4) is 0 Å². The highest BCUT2D eigenvalue weighted by atomic mass is 79.9. The Labute approximate surface area is 117 Å². The summed E-state index contributed by atoms with van der Waals surface area (Å²) >= 11 is 3.58. The van der Waals surface area contributed by atoms with Crippen LogP contribution in [0.1, 0.15) is 31.4 Å². The minimum Gasteiger partial charge on any atom is -0.396 e. The molecule has 2 atom stereocenters. The third-order valence-electron chi connectivity index (χ3n) is 3.57. The summed E-state index contributed by atoms with van der Waals surface area (Å²) in [6, 6.07) is 5.99. The van der Waals surface area contributed by atoms with E-state index in [4.69, 9.17) is 0 Å². The van der Waals surface area contributed by atoms with Gasteiger partial charge in [-0.05, 0) is 59.3 Å². The molecule has 3 nitrogen and oxygen atoms in total. The van der Waals surface area contributed by atoms with Gasteiger partial charge in [0.15, 0.2) is 0 Å². The van der Waals surface area contributed by atoms with E-state index in [1.165, 1.54) is 0 Å². The highest BCUT2D eigenvalue weighted by Crippen LogP contribution is 2.32. The molecule has 0 saturated carbocycles. The molecule has 1 saturated heterocycles. The first-order chi connectivity index (χ1) is 8.61. The summed E-state index contributed by atoms with van der Waals surface area (Å²) in [5, 5.41) is 18.8. The van der Waals surface area contributed by atoms with Crippen LogP contribution < -0.4 is 4.90 Å². The van der Waals surface area contributed by atoms with Crippen molar-refractivity contribution in [2.24, 2.45) is 5.92 Å². The standard InChI is InChI=1S/C14H20BrNO2/c1-10(18)12-4-5-14(13(15)7-12)16-6-2-3-11(8-16)9-17/h4-5,7,10-11,17-18H,2-3,6,8-9H2,1H3/t10-,11?/m1/s1. The number of hydrogen-bond acceptors (Lipinski definition) is 3. The molecule has 0 spiro atoms. The molecule has 1 aromatic carbocycles. The van der Waals surface area contributed by atoms with Gasteiger partial charge in [-0.3, -0.25) is 0 Å². The van der Waals surface area contributed by atoms with E-state index in [0.29, 0.717) is 5.92 Å². The first-order valence-corrected chi connectivity index (χ1v) is 7.24. The Morgan fingerprint density at radius 2 is 2.28 bits per heavy atom. The predicted octanol–water partition coefficient (Wildman–Crippen LogP) is 2.71. The Hall–Kier alpha value is -0.580. The predicted molar refractivity (Wildman–Crippen MR) is 76.8 cm³/mol. The number of nitrogens with zero attached hydrogens (tertiary/aromatic N) is 1. The van der Waals surface area contributed by atoms with Crippen LogP contribution in [0, 0.1) is 5.92 Å². The van der Waals surface area contributed by atoms with Crippen LogP contribution in [-0.4, -0.2) is 29.9 Å². The SMILES string of the molecule is C[C@@H](O)c1ccc(N2CCCC(CO)C2)c(Br)c1. The molecule has 0 amide bonds. The lowest BCUT2D eigenvalue weighted by Gasteiger charge is -2.34. The monoisotopic (exact) mass is 313 g/mol. The van der Waals surface area contributed by atoms with Crippen molar-refractivity contribution in [2.45, 2.75) is 25.9 Å². The maximum Gasteiger partial charge on any atom is 0.0762 e. The van der Waals surface area contributed by atoms with E-state index in [2.05, 4.69) is 20.8 Å². The second kappa shape index (κ2) is 6.04. The summed E-state index contributed by atoms with van der Waals surface area (Å²) in [5.74, 6) is 0.377. The molecule has 1 unspecified atom stereocenters. The minimum atomic E-state index is -0.443. The van der Waals surface area contributed by atoms with E-state index >= 15 is 0 Å². The molecule has 1 aromatic rings. The number of hydrogen-bond donors (Lipinski definition) is 2. The lowest BCUT2D eigenvalue weighted by molar-refractivity contribution is 0.199. The molecule has 1 aliphatic heterocycles. The first-order valence-electron chi connectivity index (χ1n) is 6.45. The number of rotatable bonds is 3. The van der Waals surface area contributed by atoms with Crippen molar-refractivity contribution in [1.82, 2.24) is 0 Å². The number of aliphatic hydroxyl groups is 2. The summed E-state index contributed by atoms with van der Waals surface area (Å²) in [6.07, 6.45) is 1.79. The molecule has 1 fully saturated rings. The largest absolute Gasteiger partial charge is 0.396 e. The van der Waals surface area contributed by atoms with Crippen molar-refractivity contribution in [2.75, 3.05) is 24.6 Å². The van der Waals surface area contributed by atoms with E-state index in [1.54, 1.807) is 6.92 Å². The summed E-state index contributed by atoms with van der Waals surface area (Å²) in [4.78, 5) is 2.31. The van der Waals surface area contributed by atoms with E-state index in [-0.39, 0.29) is 6.61 Å². The minimum absolute atomic E-state index is 0.264. The Kier molecular flexibility index (Phi) is 4.65. The summed E-state index contributed by atoms with van der Waals surface area (Å²) < 4.78 is 1.01. The molecular formula is C14H20BrNO2. The normalized spacial score (nSPS) is 22.0. The molecule has 18 heavy (non-hydrogen) atoms. The zero-order valence-corrected chi connectivity index (χ0v) is 12.2. The van der Waals surface area contributed by atoms with Crippen molar-refractivity contribution in [3.8, 4) is 0 Å². The van der Waals surface area contributed by atoms with Crippen LogP contribution in [0.2, 0.25) is 0 Å². The van der Waals surface area contributed by atoms with Crippen LogP contribution in [-0.2, 0) is 0 Å². The number of piperidine rings is 1. The summed E-state index contributed by atoms with van der Waals surface area (Å²) in [7, 11) is 0. The van der Waals surface area contributed by atoms with Gasteiger partial charge >= 0.3 is 0 Å².